The number of benzene rings is 3. The van der Waals surface area contributed by atoms with E-state index in [1.165, 1.54) is 16.9 Å². The van der Waals surface area contributed by atoms with Crippen LogP contribution in [-0.4, -0.2) is 16.1 Å². The van der Waals surface area contributed by atoms with Crippen molar-refractivity contribution in [2.75, 3.05) is 5.32 Å². The molecule has 4 rings (SSSR count). The van der Waals surface area contributed by atoms with Crippen molar-refractivity contribution in [3.8, 4) is 0 Å². The highest BCUT2D eigenvalue weighted by Gasteiger charge is 2.15. The summed E-state index contributed by atoms with van der Waals surface area (Å²) in [6.07, 6.45) is 1.89. The molecule has 154 valence electrons. The first-order valence-corrected chi connectivity index (χ1v) is 11.8. The standard InChI is InChI=1S/C25H21N3OS2/c29-24(22(21-14-8-3-9-15-21)16-19-10-4-1-5-11-19)26-25-28-27-23(31-25)18-30-17-20-12-6-2-7-13-20/h1-16H,17-18H2,(H,26,28,29)/b22-16-. The molecule has 0 unspecified atom stereocenters. The maximum atomic E-state index is 13.1. The number of aromatic nitrogens is 2. The Balaban J connectivity index is 1.43. The van der Waals surface area contributed by atoms with Gasteiger partial charge in [0.2, 0.25) is 5.13 Å². The molecule has 6 heteroatoms. The molecule has 0 atom stereocenters. The first-order chi connectivity index (χ1) is 15.3. The topological polar surface area (TPSA) is 54.9 Å². The largest absolute Gasteiger partial charge is 0.296 e. The van der Waals surface area contributed by atoms with Crippen LogP contribution in [0.25, 0.3) is 11.6 Å². The highest BCUT2D eigenvalue weighted by molar-refractivity contribution is 7.97. The summed E-state index contributed by atoms with van der Waals surface area (Å²) in [7, 11) is 0. The number of carbonyl (C=O) groups is 1. The van der Waals surface area contributed by atoms with E-state index in [-0.39, 0.29) is 5.91 Å². The Morgan fingerprint density at radius 3 is 2.19 bits per heavy atom. The lowest BCUT2D eigenvalue weighted by atomic mass is 10.0. The van der Waals surface area contributed by atoms with Gasteiger partial charge in [-0.1, -0.05) is 102 Å². The number of carbonyl (C=O) groups excluding carboxylic acids is 1. The van der Waals surface area contributed by atoms with E-state index in [9.17, 15) is 4.79 Å². The highest BCUT2D eigenvalue weighted by atomic mass is 32.2. The van der Waals surface area contributed by atoms with Crippen molar-refractivity contribution < 1.29 is 4.79 Å². The van der Waals surface area contributed by atoms with Gasteiger partial charge in [-0.3, -0.25) is 10.1 Å². The summed E-state index contributed by atoms with van der Waals surface area (Å²) >= 11 is 3.19. The molecule has 0 fully saturated rings. The monoisotopic (exact) mass is 443 g/mol. The molecule has 0 aliphatic heterocycles. The first kappa shape index (κ1) is 21.0. The number of amides is 1. The third kappa shape index (κ3) is 6.13. The van der Waals surface area contributed by atoms with Crippen molar-refractivity contribution in [2.45, 2.75) is 11.5 Å². The van der Waals surface area contributed by atoms with Crippen LogP contribution in [0.4, 0.5) is 5.13 Å². The molecule has 1 heterocycles. The second-order valence-electron chi connectivity index (χ2n) is 6.77. The molecule has 3 aromatic carbocycles. The number of rotatable bonds is 8. The van der Waals surface area contributed by atoms with Crippen LogP contribution in [0.15, 0.2) is 91.0 Å². The molecule has 0 saturated carbocycles. The lowest BCUT2D eigenvalue weighted by molar-refractivity contribution is -0.111. The second-order valence-corrected chi connectivity index (χ2v) is 8.82. The normalized spacial score (nSPS) is 11.3. The third-order valence-corrected chi connectivity index (χ3v) is 6.50. The summed E-state index contributed by atoms with van der Waals surface area (Å²) in [4.78, 5) is 13.1. The van der Waals surface area contributed by atoms with Gasteiger partial charge in [0.05, 0.1) is 0 Å². The van der Waals surface area contributed by atoms with Crippen molar-refractivity contribution in [1.82, 2.24) is 10.2 Å². The molecule has 0 spiro atoms. The lowest BCUT2D eigenvalue weighted by Gasteiger charge is -2.07. The Morgan fingerprint density at radius 2 is 1.48 bits per heavy atom. The van der Waals surface area contributed by atoms with Gasteiger partial charge in [0.1, 0.15) is 5.01 Å². The zero-order valence-corrected chi connectivity index (χ0v) is 18.4. The van der Waals surface area contributed by atoms with Gasteiger partial charge in [-0.2, -0.15) is 0 Å². The molecule has 4 nitrogen and oxygen atoms in total. The number of hydrogen-bond donors (Lipinski definition) is 1. The number of nitrogens with one attached hydrogen (secondary N) is 1. The molecule has 31 heavy (non-hydrogen) atoms. The molecule has 0 aliphatic rings. The van der Waals surface area contributed by atoms with E-state index < -0.39 is 0 Å². The molecular weight excluding hydrogens is 422 g/mol. The number of nitrogens with zero attached hydrogens (tertiary/aromatic N) is 2. The SMILES string of the molecule is O=C(Nc1nnc(CSCc2ccccc2)s1)/C(=C\c1ccccc1)c1ccccc1. The van der Waals surface area contributed by atoms with Crippen molar-refractivity contribution in [1.29, 1.82) is 0 Å². The highest BCUT2D eigenvalue weighted by Crippen LogP contribution is 2.25. The summed E-state index contributed by atoms with van der Waals surface area (Å²) in [5.41, 5.74) is 3.69. The van der Waals surface area contributed by atoms with Crippen LogP contribution < -0.4 is 5.32 Å². The van der Waals surface area contributed by atoms with Gasteiger partial charge in [0, 0.05) is 17.1 Å². The van der Waals surface area contributed by atoms with E-state index >= 15 is 0 Å². The maximum absolute atomic E-state index is 13.1. The van der Waals surface area contributed by atoms with E-state index in [1.807, 2.05) is 84.9 Å². The van der Waals surface area contributed by atoms with Crippen LogP contribution >= 0.6 is 23.1 Å². The van der Waals surface area contributed by atoms with E-state index in [4.69, 9.17) is 0 Å². The molecule has 0 radical (unpaired) electrons. The van der Waals surface area contributed by atoms with Crippen molar-refractivity contribution >= 4 is 45.8 Å². The van der Waals surface area contributed by atoms with E-state index in [2.05, 4.69) is 27.6 Å². The summed E-state index contributed by atoms with van der Waals surface area (Å²) in [5, 5.41) is 12.7. The summed E-state index contributed by atoms with van der Waals surface area (Å²) in [6.45, 7) is 0. The van der Waals surface area contributed by atoms with Gasteiger partial charge in [-0.05, 0) is 22.8 Å². The van der Waals surface area contributed by atoms with E-state index in [0.29, 0.717) is 10.7 Å². The fourth-order valence-electron chi connectivity index (χ4n) is 2.97. The average molecular weight is 444 g/mol. The minimum Gasteiger partial charge on any atom is -0.296 e. The predicted molar refractivity (Wildman–Crippen MR) is 131 cm³/mol. The molecule has 4 aromatic rings. The molecule has 1 aromatic heterocycles. The molecule has 0 aliphatic carbocycles. The minimum absolute atomic E-state index is 0.199. The fraction of sp³-hybridized carbons (Fsp3) is 0.0800. The Hall–Kier alpha value is -3.22. The summed E-state index contributed by atoms with van der Waals surface area (Å²) in [5.74, 6) is 1.48. The minimum atomic E-state index is -0.199. The quantitative estimate of drug-likeness (QED) is 0.262. The van der Waals surface area contributed by atoms with Crippen molar-refractivity contribution in [3.05, 3.63) is 113 Å². The number of thioether (sulfide) groups is 1. The number of hydrogen-bond acceptors (Lipinski definition) is 5. The number of anilines is 1. The van der Waals surface area contributed by atoms with Crippen LogP contribution in [0, 0.1) is 0 Å². The van der Waals surface area contributed by atoms with Crippen molar-refractivity contribution in [2.24, 2.45) is 0 Å². The second kappa shape index (κ2) is 10.7. The molecular formula is C25H21N3OS2. The maximum Gasteiger partial charge on any atom is 0.258 e. The smallest absolute Gasteiger partial charge is 0.258 e. The van der Waals surface area contributed by atoms with Gasteiger partial charge in [0.25, 0.3) is 5.91 Å². The predicted octanol–water partition coefficient (Wildman–Crippen LogP) is 6.15. The van der Waals surface area contributed by atoms with E-state index in [1.54, 1.807) is 11.8 Å². The lowest BCUT2D eigenvalue weighted by Crippen LogP contribution is -2.13. The molecule has 1 N–H and O–H groups in total. The summed E-state index contributed by atoms with van der Waals surface area (Å²) < 4.78 is 0. The van der Waals surface area contributed by atoms with Gasteiger partial charge < -0.3 is 0 Å². The van der Waals surface area contributed by atoms with Gasteiger partial charge in [-0.25, -0.2) is 0 Å². The Morgan fingerprint density at radius 1 is 0.839 bits per heavy atom. The van der Waals surface area contributed by atoms with Crippen LogP contribution in [0.3, 0.4) is 0 Å². The van der Waals surface area contributed by atoms with Crippen LogP contribution in [0.2, 0.25) is 0 Å². The third-order valence-electron chi connectivity index (χ3n) is 4.46. The van der Waals surface area contributed by atoms with Crippen LogP contribution in [-0.2, 0) is 16.3 Å². The molecule has 0 bridgehead atoms. The van der Waals surface area contributed by atoms with Crippen LogP contribution in [0.5, 0.6) is 0 Å². The first-order valence-electron chi connectivity index (χ1n) is 9.85. The molecule has 0 saturated heterocycles. The van der Waals surface area contributed by atoms with Gasteiger partial charge >= 0.3 is 0 Å². The zero-order valence-electron chi connectivity index (χ0n) is 16.8. The van der Waals surface area contributed by atoms with Crippen LogP contribution in [0.1, 0.15) is 21.7 Å². The summed E-state index contributed by atoms with van der Waals surface area (Å²) in [6, 6.07) is 29.8. The fourth-order valence-corrected chi connectivity index (χ4v) is 4.75. The molecule has 1 amide bonds. The average Bonchev–Trinajstić information content (AvgIpc) is 3.26. The zero-order chi connectivity index (χ0) is 21.3. The Labute approximate surface area is 190 Å². The van der Waals surface area contributed by atoms with Crippen molar-refractivity contribution in [3.63, 3.8) is 0 Å². The van der Waals surface area contributed by atoms with Gasteiger partial charge in [0.15, 0.2) is 0 Å². The Bertz CT molecular complexity index is 1140. The van der Waals surface area contributed by atoms with E-state index in [0.717, 1.165) is 27.6 Å². The Kier molecular flexibility index (Phi) is 7.26. The van der Waals surface area contributed by atoms with Gasteiger partial charge in [-0.15, -0.1) is 22.0 Å².